The first-order valence-electron chi connectivity index (χ1n) is 3.46. The number of carbonyl (C=O) groups excluding carboxylic acids is 1. The molecule has 0 bridgehead atoms. The van der Waals surface area contributed by atoms with E-state index in [-0.39, 0.29) is 5.92 Å². The highest BCUT2D eigenvalue weighted by molar-refractivity contribution is 5.75. The van der Waals surface area contributed by atoms with Crippen molar-refractivity contribution in [2.75, 3.05) is 0 Å². The topological polar surface area (TPSA) is 60.9 Å². The Balaban J connectivity index is 3.06. The van der Waals surface area contributed by atoms with Crippen molar-refractivity contribution < 1.29 is 4.79 Å². The van der Waals surface area contributed by atoms with Crippen LogP contribution in [0.5, 0.6) is 0 Å². The van der Waals surface area contributed by atoms with Gasteiger partial charge in [-0.1, -0.05) is 13.8 Å². The van der Waals surface area contributed by atoms with E-state index in [0.717, 1.165) is 0 Å². The summed E-state index contributed by atoms with van der Waals surface area (Å²) < 4.78 is 1.35. The number of nitrogens with two attached hydrogens (primary N) is 1. The number of aromatic nitrogens is 2. The number of amides is 1. The van der Waals surface area contributed by atoms with E-state index in [4.69, 9.17) is 5.73 Å². The SMILES string of the molecule is CC(C)c1nccn1C(N)=O. The van der Waals surface area contributed by atoms with Crippen molar-refractivity contribution >= 4 is 6.03 Å². The van der Waals surface area contributed by atoms with Crippen LogP contribution < -0.4 is 5.73 Å². The second kappa shape index (κ2) is 2.74. The summed E-state index contributed by atoms with van der Waals surface area (Å²) >= 11 is 0. The summed E-state index contributed by atoms with van der Waals surface area (Å²) in [6, 6.07) is -0.480. The van der Waals surface area contributed by atoms with E-state index in [1.54, 1.807) is 12.4 Å². The van der Waals surface area contributed by atoms with Gasteiger partial charge in [-0.05, 0) is 0 Å². The summed E-state index contributed by atoms with van der Waals surface area (Å²) in [6.07, 6.45) is 3.14. The number of nitrogens with zero attached hydrogens (tertiary/aromatic N) is 2. The molecule has 1 aromatic rings. The smallest absolute Gasteiger partial charge is 0.324 e. The molecule has 1 amide bonds. The fraction of sp³-hybridized carbons (Fsp3) is 0.429. The molecule has 1 heterocycles. The maximum absolute atomic E-state index is 10.7. The Labute approximate surface area is 65.0 Å². The van der Waals surface area contributed by atoms with Crippen LogP contribution in [-0.2, 0) is 0 Å². The molecule has 2 N–H and O–H groups in total. The normalized spacial score (nSPS) is 10.5. The maximum atomic E-state index is 10.7. The molecule has 0 aromatic carbocycles. The third kappa shape index (κ3) is 1.39. The van der Waals surface area contributed by atoms with Crippen LogP contribution >= 0.6 is 0 Å². The lowest BCUT2D eigenvalue weighted by Gasteiger charge is -2.04. The van der Waals surface area contributed by atoms with E-state index in [9.17, 15) is 4.79 Å². The molecule has 0 unspecified atom stereocenters. The molecule has 4 heteroatoms. The molecule has 0 aliphatic carbocycles. The maximum Gasteiger partial charge on any atom is 0.324 e. The molecule has 4 nitrogen and oxygen atoms in total. The molecule has 0 atom stereocenters. The first-order chi connectivity index (χ1) is 5.13. The van der Waals surface area contributed by atoms with Crippen LogP contribution in [-0.4, -0.2) is 15.6 Å². The minimum absolute atomic E-state index is 0.220. The standard InChI is InChI=1S/C7H11N3O/c1-5(2)6-9-3-4-10(6)7(8)11/h3-5H,1-2H3,(H2,8,11). The predicted molar refractivity (Wildman–Crippen MR) is 41.3 cm³/mol. The number of primary amides is 1. The van der Waals surface area contributed by atoms with Crippen LogP contribution in [0.3, 0.4) is 0 Å². The zero-order valence-corrected chi connectivity index (χ0v) is 6.61. The molecule has 1 rings (SSSR count). The van der Waals surface area contributed by atoms with Crippen LogP contribution in [0.15, 0.2) is 12.4 Å². The van der Waals surface area contributed by atoms with Gasteiger partial charge in [-0.25, -0.2) is 9.78 Å². The van der Waals surface area contributed by atoms with Gasteiger partial charge in [0.2, 0.25) is 0 Å². The van der Waals surface area contributed by atoms with Crippen molar-refractivity contribution in [3.05, 3.63) is 18.2 Å². The number of hydrogen-bond donors (Lipinski definition) is 1. The Kier molecular flexibility index (Phi) is 1.94. The molecule has 0 saturated carbocycles. The van der Waals surface area contributed by atoms with Gasteiger partial charge >= 0.3 is 6.03 Å². The van der Waals surface area contributed by atoms with E-state index in [2.05, 4.69) is 4.98 Å². The van der Waals surface area contributed by atoms with E-state index in [1.807, 2.05) is 13.8 Å². The molecule has 11 heavy (non-hydrogen) atoms. The predicted octanol–water partition coefficient (Wildman–Crippen LogP) is 0.933. The van der Waals surface area contributed by atoms with Crippen molar-refractivity contribution in [3.63, 3.8) is 0 Å². The Morgan fingerprint density at radius 2 is 2.36 bits per heavy atom. The Bertz CT molecular complexity index is 264. The van der Waals surface area contributed by atoms with Gasteiger partial charge in [0.25, 0.3) is 0 Å². The Morgan fingerprint density at radius 3 is 2.73 bits per heavy atom. The molecule has 60 valence electrons. The largest absolute Gasteiger partial charge is 0.351 e. The third-order valence-corrected chi connectivity index (χ3v) is 1.42. The first-order valence-corrected chi connectivity index (χ1v) is 3.46. The van der Waals surface area contributed by atoms with Gasteiger partial charge in [-0.3, -0.25) is 4.57 Å². The first kappa shape index (κ1) is 7.78. The fourth-order valence-electron chi connectivity index (χ4n) is 0.929. The lowest BCUT2D eigenvalue weighted by Crippen LogP contribution is -2.21. The summed E-state index contributed by atoms with van der Waals surface area (Å²) in [7, 11) is 0. The zero-order chi connectivity index (χ0) is 8.43. The van der Waals surface area contributed by atoms with Gasteiger partial charge in [0, 0.05) is 18.3 Å². The summed E-state index contributed by atoms with van der Waals surface area (Å²) in [6.45, 7) is 3.92. The van der Waals surface area contributed by atoms with Gasteiger partial charge in [0.15, 0.2) is 0 Å². The molecule has 0 radical (unpaired) electrons. The van der Waals surface area contributed by atoms with E-state index >= 15 is 0 Å². The average Bonchev–Trinajstić information content (AvgIpc) is 2.32. The minimum Gasteiger partial charge on any atom is -0.351 e. The van der Waals surface area contributed by atoms with Gasteiger partial charge in [0.1, 0.15) is 5.82 Å². The van der Waals surface area contributed by atoms with Crippen LogP contribution in [0.1, 0.15) is 25.6 Å². The summed E-state index contributed by atoms with van der Waals surface area (Å²) in [5.74, 6) is 0.926. The second-order valence-corrected chi connectivity index (χ2v) is 2.65. The lowest BCUT2D eigenvalue weighted by atomic mass is 10.2. The zero-order valence-electron chi connectivity index (χ0n) is 6.61. The Hall–Kier alpha value is -1.32. The summed E-state index contributed by atoms with van der Waals surface area (Å²) in [5.41, 5.74) is 5.08. The monoisotopic (exact) mass is 153 g/mol. The minimum atomic E-state index is -0.480. The summed E-state index contributed by atoms with van der Waals surface area (Å²) in [5, 5.41) is 0. The molecule has 0 fully saturated rings. The lowest BCUT2D eigenvalue weighted by molar-refractivity contribution is 0.249. The third-order valence-electron chi connectivity index (χ3n) is 1.42. The second-order valence-electron chi connectivity index (χ2n) is 2.65. The van der Waals surface area contributed by atoms with Gasteiger partial charge < -0.3 is 5.73 Å². The highest BCUT2D eigenvalue weighted by atomic mass is 16.2. The Morgan fingerprint density at radius 1 is 1.73 bits per heavy atom. The summed E-state index contributed by atoms with van der Waals surface area (Å²) in [4.78, 5) is 14.7. The van der Waals surface area contributed by atoms with Crippen LogP contribution in [0.2, 0.25) is 0 Å². The average molecular weight is 153 g/mol. The van der Waals surface area contributed by atoms with Crippen molar-refractivity contribution in [1.82, 2.24) is 9.55 Å². The van der Waals surface area contributed by atoms with E-state index < -0.39 is 6.03 Å². The molecule has 0 aliphatic rings. The number of carbonyl (C=O) groups is 1. The molecular formula is C7H11N3O. The molecular weight excluding hydrogens is 142 g/mol. The van der Waals surface area contributed by atoms with Crippen molar-refractivity contribution in [2.24, 2.45) is 5.73 Å². The highest BCUT2D eigenvalue weighted by Gasteiger charge is 2.09. The molecule has 0 saturated heterocycles. The number of imidazole rings is 1. The fourth-order valence-corrected chi connectivity index (χ4v) is 0.929. The molecule has 0 spiro atoms. The quantitative estimate of drug-likeness (QED) is 0.652. The molecule has 1 aromatic heterocycles. The van der Waals surface area contributed by atoms with Crippen molar-refractivity contribution in [1.29, 1.82) is 0 Å². The van der Waals surface area contributed by atoms with Crippen molar-refractivity contribution in [3.8, 4) is 0 Å². The van der Waals surface area contributed by atoms with Crippen molar-refractivity contribution in [2.45, 2.75) is 19.8 Å². The highest BCUT2D eigenvalue weighted by Crippen LogP contribution is 2.10. The van der Waals surface area contributed by atoms with Gasteiger partial charge in [0.05, 0.1) is 0 Å². The van der Waals surface area contributed by atoms with Gasteiger partial charge in [-0.2, -0.15) is 0 Å². The van der Waals surface area contributed by atoms with E-state index in [0.29, 0.717) is 5.82 Å². The number of hydrogen-bond acceptors (Lipinski definition) is 2. The molecule has 0 aliphatic heterocycles. The number of rotatable bonds is 1. The van der Waals surface area contributed by atoms with Crippen LogP contribution in [0, 0.1) is 0 Å². The van der Waals surface area contributed by atoms with Crippen LogP contribution in [0.25, 0.3) is 0 Å². The van der Waals surface area contributed by atoms with Gasteiger partial charge in [-0.15, -0.1) is 0 Å². The van der Waals surface area contributed by atoms with Crippen LogP contribution in [0.4, 0.5) is 4.79 Å². The van der Waals surface area contributed by atoms with E-state index in [1.165, 1.54) is 4.57 Å².